The van der Waals surface area contributed by atoms with Crippen molar-refractivity contribution in [3.63, 3.8) is 0 Å². The quantitative estimate of drug-likeness (QED) is 0.724. The van der Waals surface area contributed by atoms with Gasteiger partial charge in [0.15, 0.2) is 24.2 Å². The van der Waals surface area contributed by atoms with E-state index in [1.54, 1.807) is 42.5 Å². The number of hydrogen-bond acceptors (Lipinski definition) is 7. The molecule has 0 saturated carbocycles. The predicted octanol–water partition coefficient (Wildman–Crippen LogP) is 2.12. The summed E-state index contributed by atoms with van der Waals surface area (Å²) < 4.78 is 21.6. The Morgan fingerprint density at radius 3 is 2.73 bits per heavy atom. The van der Waals surface area contributed by atoms with E-state index in [0.29, 0.717) is 41.8 Å². The minimum absolute atomic E-state index is 0.308. The average molecular weight is 412 g/mol. The number of nitrogens with one attached hydrogen (secondary N) is 2. The number of para-hydroxylation sites is 2. The van der Waals surface area contributed by atoms with Crippen LogP contribution in [0.4, 0.5) is 11.4 Å². The van der Waals surface area contributed by atoms with Crippen LogP contribution in [-0.2, 0) is 19.1 Å². The first-order chi connectivity index (χ1) is 14.6. The maximum absolute atomic E-state index is 12.1. The lowest BCUT2D eigenvalue weighted by molar-refractivity contribution is -0.150. The van der Waals surface area contributed by atoms with Gasteiger partial charge in [-0.15, -0.1) is 0 Å². The molecule has 30 heavy (non-hydrogen) atoms. The van der Waals surface area contributed by atoms with Crippen molar-refractivity contribution < 1.29 is 33.3 Å². The monoisotopic (exact) mass is 412 g/mol. The summed E-state index contributed by atoms with van der Waals surface area (Å²) in [5.74, 6) is -0.0443. The van der Waals surface area contributed by atoms with Crippen LogP contribution >= 0.6 is 0 Å². The number of rotatable bonds is 5. The molecule has 1 unspecified atom stereocenters. The van der Waals surface area contributed by atoms with Crippen LogP contribution in [0.15, 0.2) is 42.5 Å². The van der Waals surface area contributed by atoms with Crippen molar-refractivity contribution in [3.05, 3.63) is 42.5 Å². The van der Waals surface area contributed by atoms with E-state index >= 15 is 0 Å². The summed E-state index contributed by atoms with van der Waals surface area (Å²) in [6.07, 6.45) is -0.546. The highest BCUT2D eigenvalue weighted by Crippen LogP contribution is 2.32. The van der Waals surface area contributed by atoms with E-state index in [-0.39, 0.29) is 6.42 Å². The molecule has 0 aliphatic carbocycles. The van der Waals surface area contributed by atoms with E-state index in [9.17, 15) is 14.4 Å². The Bertz CT molecular complexity index is 976. The molecule has 2 N–H and O–H groups in total. The molecule has 2 amide bonds. The largest absolute Gasteiger partial charge is 0.490 e. The highest BCUT2D eigenvalue weighted by Gasteiger charge is 2.30. The second-order valence-electron chi connectivity index (χ2n) is 6.72. The Labute approximate surface area is 172 Å². The lowest BCUT2D eigenvalue weighted by atomic mass is 10.1. The first-order valence-corrected chi connectivity index (χ1v) is 9.50. The maximum atomic E-state index is 12.1. The Hall–Kier alpha value is -3.75. The maximum Gasteiger partial charge on any atom is 0.310 e. The number of carbonyl (C=O) groups excluding carboxylic acids is 3. The van der Waals surface area contributed by atoms with Crippen LogP contribution in [0, 0.1) is 0 Å². The Balaban J connectivity index is 1.26. The fourth-order valence-corrected chi connectivity index (χ4v) is 3.02. The van der Waals surface area contributed by atoms with Gasteiger partial charge in [-0.05, 0) is 24.3 Å². The van der Waals surface area contributed by atoms with Gasteiger partial charge < -0.3 is 29.6 Å². The second-order valence-corrected chi connectivity index (χ2v) is 6.72. The number of carbonyl (C=O) groups is 3. The van der Waals surface area contributed by atoms with Crippen molar-refractivity contribution in [2.75, 3.05) is 30.5 Å². The van der Waals surface area contributed by atoms with Gasteiger partial charge in [0, 0.05) is 18.2 Å². The third kappa shape index (κ3) is 4.62. The third-order valence-electron chi connectivity index (χ3n) is 4.45. The van der Waals surface area contributed by atoms with Crippen LogP contribution in [0.2, 0.25) is 0 Å². The molecule has 2 aromatic rings. The van der Waals surface area contributed by atoms with Crippen LogP contribution in [0.25, 0.3) is 0 Å². The fraction of sp³-hybridized carbons (Fsp3) is 0.286. The zero-order valence-corrected chi connectivity index (χ0v) is 16.0. The van der Waals surface area contributed by atoms with Gasteiger partial charge >= 0.3 is 5.97 Å². The van der Waals surface area contributed by atoms with Crippen LogP contribution in [0.3, 0.4) is 0 Å². The van der Waals surface area contributed by atoms with Crippen molar-refractivity contribution in [1.82, 2.24) is 0 Å². The molecule has 2 heterocycles. The number of hydrogen-bond donors (Lipinski definition) is 2. The van der Waals surface area contributed by atoms with Gasteiger partial charge in [-0.25, -0.2) is 0 Å². The number of ether oxygens (including phenoxy) is 4. The number of anilines is 2. The van der Waals surface area contributed by atoms with Crippen molar-refractivity contribution in [1.29, 1.82) is 0 Å². The van der Waals surface area contributed by atoms with Crippen LogP contribution in [0.5, 0.6) is 17.2 Å². The van der Waals surface area contributed by atoms with E-state index in [1.807, 2.05) is 0 Å². The molecular formula is C21H20N2O7. The molecule has 0 spiro atoms. The smallest absolute Gasteiger partial charge is 0.310 e. The first-order valence-electron chi connectivity index (χ1n) is 9.50. The van der Waals surface area contributed by atoms with E-state index in [0.717, 1.165) is 6.42 Å². The van der Waals surface area contributed by atoms with E-state index in [1.165, 1.54) is 0 Å². The van der Waals surface area contributed by atoms with Crippen molar-refractivity contribution in [2.24, 2.45) is 0 Å². The lowest BCUT2D eigenvalue weighted by Gasteiger charge is -2.25. The molecule has 0 fully saturated rings. The highest BCUT2D eigenvalue weighted by molar-refractivity contribution is 5.99. The van der Waals surface area contributed by atoms with Crippen molar-refractivity contribution in [3.8, 4) is 17.2 Å². The molecule has 0 radical (unpaired) electrons. The second kappa shape index (κ2) is 8.73. The van der Waals surface area contributed by atoms with Crippen molar-refractivity contribution >= 4 is 29.2 Å². The summed E-state index contributed by atoms with van der Waals surface area (Å²) >= 11 is 0. The molecule has 156 valence electrons. The van der Waals surface area contributed by atoms with E-state index in [2.05, 4.69) is 10.6 Å². The summed E-state index contributed by atoms with van der Waals surface area (Å²) in [4.78, 5) is 36.2. The SMILES string of the molecule is O=C(COC(=O)CC1Oc2ccccc2NC1=O)Nc1ccc2c(c1)OCCCO2. The molecule has 9 nitrogen and oxygen atoms in total. The lowest BCUT2D eigenvalue weighted by Crippen LogP contribution is -2.39. The Morgan fingerprint density at radius 2 is 1.87 bits per heavy atom. The molecule has 9 heteroatoms. The van der Waals surface area contributed by atoms with Gasteiger partial charge in [0.25, 0.3) is 11.8 Å². The molecule has 4 rings (SSSR count). The number of esters is 1. The zero-order chi connectivity index (χ0) is 20.9. The molecular weight excluding hydrogens is 392 g/mol. The van der Waals surface area contributed by atoms with Gasteiger partial charge in [-0.3, -0.25) is 14.4 Å². The summed E-state index contributed by atoms with van der Waals surface area (Å²) in [7, 11) is 0. The normalized spacial score (nSPS) is 16.9. The molecule has 0 aromatic heterocycles. The molecule has 2 aromatic carbocycles. The van der Waals surface area contributed by atoms with Crippen LogP contribution in [-0.4, -0.2) is 43.7 Å². The number of amides is 2. The molecule has 1 atom stereocenters. The van der Waals surface area contributed by atoms with Crippen LogP contribution < -0.4 is 24.8 Å². The Kier molecular flexibility index (Phi) is 5.69. The molecule has 0 bridgehead atoms. The summed E-state index contributed by atoms with van der Waals surface area (Å²) in [5.41, 5.74) is 1.04. The topological polar surface area (TPSA) is 112 Å². The predicted molar refractivity (Wildman–Crippen MR) is 106 cm³/mol. The minimum Gasteiger partial charge on any atom is -0.490 e. The Morgan fingerprint density at radius 1 is 1.07 bits per heavy atom. The van der Waals surface area contributed by atoms with Crippen LogP contribution in [0.1, 0.15) is 12.8 Å². The van der Waals surface area contributed by atoms with E-state index in [4.69, 9.17) is 18.9 Å². The fourth-order valence-electron chi connectivity index (χ4n) is 3.02. The molecule has 2 aliphatic heterocycles. The summed E-state index contributed by atoms with van der Waals surface area (Å²) in [6.45, 7) is 0.616. The minimum atomic E-state index is -1.02. The molecule has 2 aliphatic rings. The van der Waals surface area contributed by atoms with Gasteiger partial charge in [0.2, 0.25) is 0 Å². The number of benzene rings is 2. The average Bonchev–Trinajstić information content (AvgIpc) is 2.98. The van der Waals surface area contributed by atoms with Gasteiger partial charge in [-0.1, -0.05) is 12.1 Å². The van der Waals surface area contributed by atoms with Gasteiger partial charge in [-0.2, -0.15) is 0 Å². The van der Waals surface area contributed by atoms with E-state index < -0.39 is 30.5 Å². The number of fused-ring (bicyclic) bond motifs is 2. The molecule has 0 saturated heterocycles. The summed E-state index contributed by atoms with van der Waals surface area (Å²) in [5, 5.41) is 5.30. The van der Waals surface area contributed by atoms with Gasteiger partial charge in [0.1, 0.15) is 5.75 Å². The van der Waals surface area contributed by atoms with Crippen molar-refractivity contribution in [2.45, 2.75) is 18.9 Å². The first kappa shape index (κ1) is 19.6. The third-order valence-corrected chi connectivity index (χ3v) is 4.45. The highest BCUT2D eigenvalue weighted by atomic mass is 16.5. The standard InChI is InChI=1S/C21H20N2O7/c24-19(22-13-6-7-16-17(10-13)28-9-3-8-27-16)12-29-20(25)11-18-21(26)23-14-4-1-2-5-15(14)30-18/h1-2,4-7,10,18H,3,8-9,11-12H2,(H,22,24)(H,23,26). The van der Waals surface area contributed by atoms with Gasteiger partial charge in [0.05, 0.1) is 25.3 Å². The summed E-state index contributed by atoms with van der Waals surface area (Å²) in [6, 6.07) is 11.9. The zero-order valence-electron chi connectivity index (χ0n) is 16.0.